The van der Waals surface area contributed by atoms with E-state index in [1.807, 2.05) is 30.3 Å². The van der Waals surface area contributed by atoms with Gasteiger partial charge in [0.1, 0.15) is 0 Å². The summed E-state index contributed by atoms with van der Waals surface area (Å²) >= 11 is 0. The summed E-state index contributed by atoms with van der Waals surface area (Å²) in [5.41, 5.74) is 3.30. The number of nitrogens with zero attached hydrogens (tertiary/aromatic N) is 4. The van der Waals surface area contributed by atoms with E-state index in [-0.39, 0.29) is 5.91 Å². The van der Waals surface area contributed by atoms with Crippen LogP contribution < -0.4 is 4.90 Å². The van der Waals surface area contributed by atoms with Gasteiger partial charge in [0.15, 0.2) is 0 Å². The fraction of sp³-hybridized carbons (Fsp3) is 0.444. The Balaban J connectivity index is 0.000000370. The van der Waals surface area contributed by atoms with Crippen molar-refractivity contribution in [1.82, 2.24) is 20.1 Å². The molecule has 1 aliphatic heterocycles. The number of hydrogen-bond donors (Lipinski definition) is 2. The first-order valence-corrected chi connectivity index (χ1v) is 8.90. The van der Waals surface area contributed by atoms with Crippen molar-refractivity contribution >= 4 is 17.6 Å². The third-order valence-corrected chi connectivity index (χ3v) is 4.30. The van der Waals surface area contributed by atoms with Crippen LogP contribution in [-0.4, -0.2) is 69.4 Å². The molecule has 0 spiro atoms. The lowest BCUT2D eigenvalue weighted by Gasteiger charge is -2.36. The van der Waals surface area contributed by atoms with Gasteiger partial charge in [-0.15, -0.1) is 0 Å². The molecule has 11 heteroatoms. The van der Waals surface area contributed by atoms with Crippen molar-refractivity contribution in [3.63, 3.8) is 0 Å². The first-order valence-electron chi connectivity index (χ1n) is 8.90. The highest BCUT2D eigenvalue weighted by atomic mass is 19.4. The fourth-order valence-corrected chi connectivity index (χ4v) is 2.77. The molecule has 0 bridgehead atoms. The Morgan fingerprint density at radius 3 is 2.41 bits per heavy atom. The van der Waals surface area contributed by atoms with Crippen LogP contribution in [0.25, 0.3) is 0 Å². The normalized spacial score (nSPS) is 14.2. The minimum absolute atomic E-state index is 0.228. The second-order valence-electron chi connectivity index (χ2n) is 6.43. The van der Waals surface area contributed by atoms with E-state index in [1.54, 1.807) is 6.20 Å². The van der Waals surface area contributed by atoms with Crippen LogP contribution >= 0.6 is 0 Å². The molecule has 8 nitrogen and oxygen atoms in total. The molecule has 0 radical (unpaired) electrons. The zero-order valence-electron chi connectivity index (χ0n) is 15.8. The molecule has 2 aromatic heterocycles. The van der Waals surface area contributed by atoms with Gasteiger partial charge in [0.2, 0.25) is 5.91 Å². The number of halogens is 3. The van der Waals surface area contributed by atoms with Crippen LogP contribution in [0.1, 0.15) is 17.7 Å². The van der Waals surface area contributed by atoms with Crippen molar-refractivity contribution < 1.29 is 27.9 Å². The summed E-state index contributed by atoms with van der Waals surface area (Å²) in [5.74, 6) is -2.53. The summed E-state index contributed by atoms with van der Waals surface area (Å²) in [7, 11) is 0. The summed E-state index contributed by atoms with van der Waals surface area (Å²) in [6.07, 6.45) is 1.67. The third-order valence-electron chi connectivity index (χ3n) is 4.30. The number of carboxylic acid groups (broad SMARTS) is 1. The summed E-state index contributed by atoms with van der Waals surface area (Å²) in [5, 5.41) is 13.8. The Morgan fingerprint density at radius 2 is 1.90 bits per heavy atom. The first kappa shape index (κ1) is 22.2. The topological polar surface area (TPSA) is 102 Å². The number of piperazine rings is 1. The minimum atomic E-state index is -5.08. The van der Waals surface area contributed by atoms with E-state index in [9.17, 15) is 18.0 Å². The predicted molar refractivity (Wildman–Crippen MR) is 98.4 cm³/mol. The van der Waals surface area contributed by atoms with Crippen molar-refractivity contribution in [2.45, 2.75) is 25.9 Å². The number of nitrogens with one attached hydrogen (secondary N) is 1. The van der Waals surface area contributed by atoms with Gasteiger partial charge in [0.25, 0.3) is 0 Å². The van der Waals surface area contributed by atoms with Crippen molar-refractivity contribution in [3.8, 4) is 0 Å². The number of rotatable bonds is 4. The van der Waals surface area contributed by atoms with E-state index in [4.69, 9.17) is 9.90 Å². The van der Waals surface area contributed by atoms with E-state index >= 15 is 0 Å². The highest BCUT2D eigenvalue weighted by molar-refractivity contribution is 5.76. The molecule has 29 heavy (non-hydrogen) atoms. The van der Waals surface area contributed by atoms with Crippen LogP contribution in [0.15, 0.2) is 30.7 Å². The molecule has 3 rings (SSSR count). The Labute approximate surface area is 165 Å². The number of aromatic nitrogens is 3. The molecule has 0 unspecified atom stereocenters. The molecule has 2 N–H and O–H groups in total. The SMILES string of the molecule is Cc1cc(N2CCN(C(=O)CCc3cn[nH]c3)CC2)ccn1.O=C(O)C(F)(F)F. The van der Waals surface area contributed by atoms with Crippen LogP contribution in [0.5, 0.6) is 0 Å². The molecule has 0 aliphatic carbocycles. The highest BCUT2D eigenvalue weighted by Crippen LogP contribution is 2.17. The van der Waals surface area contributed by atoms with Gasteiger partial charge >= 0.3 is 12.1 Å². The number of hydrogen-bond acceptors (Lipinski definition) is 5. The van der Waals surface area contributed by atoms with Crippen LogP contribution in [-0.2, 0) is 16.0 Å². The maximum absolute atomic E-state index is 12.3. The van der Waals surface area contributed by atoms with E-state index in [0.717, 1.165) is 43.9 Å². The molecular formula is C18H22F3N5O3. The number of carbonyl (C=O) groups is 2. The second-order valence-corrected chi connectivity index (χ2v) is 6.43. The zero-order valence-corrected chi connectivity index (χ0v) is 15.8. The standard InChI is InChI=1S/C16H21N5O.C2HF3O2/c1-13-10-15(4-5-17-13)20-6-8-21(9-7-20)16(22)3-2-14-11-18-19-12-14;3-2(4,5)1(6)7/h4-5,10-12H,2-3,6-9H2,1H3,(H,18,19);(H,6,7). The summed E-state index contributed by atoms with van der Waals surface area (Å²) < 4.78 is 31.7. The van der Waals surface area contributed by atoms with E-state index < -0.39 is 12.1 Å². The summed E-state index contributed by atoms with van der Waals surface area (Å²) in [6.45, 7) is 5.32. The van der Waals surface area contributed by atoms with Gasteiger partial charge in [-0.25, -0.2) is 4.79 Å². The molecule has 1 aliphatic rings. The third kappa shape index (κ3) is 7.09. The van der Waals surface area contributed by atoms with Gasteiger partial charge in [-0.05, 0) is 31.0 Å². The number of carbonyl (C=O) groups excluding carboxylic acids is 1. The lowest BCUT2D eigenvalue weighted by atomic mass is 10.1. The lowest BCUT2D eigenvalue weighted by Crippen LogP contribution is -2.48. The predicted octanol–water partition coefficient (Wildman–Crippen LogP) is 2.03. The largest absolute Gasteiger partial charge is 0.490 e. The fourth-order valence-electron chi connectivity index (χ4n) is 2.77. The van der Waals surface area contributed by atoms with Crippen molar-refractivity contribution in [3.05, 3.63) is 42.0 Å². The van der Waals surface area contributed by atoms with Crippen molar-refractivity contribution in [2.24, 2.45) is 0 Å². The van der Waals surface area contributed by atoms with Crippen LogP contribution in [0.3, 0.4) is 0 Å². The van der Waals surface area contributed by atoms with Gasteiger partial charge in [0.05, 0.1) is 6.20 Å². The monoisotopic (exact) mass is 413 g/mol. The van der Waals surface area contributed by atoms with Crippen LogP contribution in [0, 0.1) is 6.92 Å². The number of carboxylic acids is 1. The van der Waals surface area contributed by atoms with Gasteiger partial charge < -0.3 is 14.9 Å². The molecule has 1 fully saturated rings. The number of anilines is 1. The first-order chi connectivity index (χ1) is 13.7. The maximum Gasteiger partial charge on any atom is 0.490 e. The number of H-pyrrole nitrogens is 1. The lowest BCUT2D eigenvalue weighted by molar-refractivity contribution is -0.192. The van der Waals surface area contributed by atoms with E-state index in [0.29, 0.717) is 6.42 Å². The summed E-state index contributed by atoms with van der Waals surface area (Å²) in [6, 6.07) is 4.12. The van der Waals surface area contributed by atoms with E-state index in [2.05, 4.69) is 26.1 Å². The average molecular weight is 413 g/mol. The number of aliphatic carboxylic acids is 1. The Bertz CT molecular complexity index is 803. The molecule has 1 saturated heterocycles. The average Bonchev–Trinajstić information content (AvgIpc) is 3.19. The zero-order chi connectivity index (χ0) is 21.4. The van der Waals surface area contributed by atoms with Gasteiger partial charge in [0, 0.05) is 56.4 Å². The molecule has 0 saturated carbocycles. The van der Waals surface area contributed by atoms with Crippen molar-refractivity contribution in [1.29, 1.82) is 0 Å². The quantitative estimate of drug-likeness (QED) is 0.795. The molecular weight excluding hydrogens is 391 g/mol. The highest BCUT2D eigenvalue weighted by Gasteiger charge is 2.38. The van der Waals surface area contributed by atoms with Gasteiger partial charge in [-0.1, -0.05) is 0 Å². The Morgan fingerprint density at radius 1 is 1.24 bits per heavy atom. The van der Waals surface area contributed by atoms with Crippen LogP contribution in [0.2, 0.25) is 0 Å². The second kappa shape index (κ2) is 9.89. The Kier molecular flexibility index (Phi) is 7.57. The number of amides is 1. The maximum atomic E-state index is 12.3. The van der Waals surface area contributed by atoms with E-state index in [1.165, 1.54) is 5.69 Å². The molecule has 3 heterocycles. The van der Waals surface area contributed by atoms with Gasteiger partial charge in [-0.2, -0.15) is 18.3 Å². The molecule has 0 atom stereocenters. The minimum Gasteiger partial charge on any atom is -0.475 e. The number of pyridine rings is 1. The molecule has 1 amide bonds. The van der Waals surface area contributed by atoms with Crippen LogP contribution in [0.4, 0.5) is 18.9 Å². The Hall–Kier alpha value is -3.11. The van der Waals surface area contributed by atoms with Gasteiger partial charge in [-0.3, -0.25) is 14.9 Å². The number of aromatic amines is 1. The van der Waals surface area contributed by atoms with Crippen molar-refractivity contribution in [2.75, 3.05) is 31.1 Å². The number of aryl methyl sites for hydroxylation is 2. The molecule has 0 aromatic carbocycles. The molecule has 158 valence electrons. The molecule has 2 aromatic rings. The number of alkyl halides is 3. The summed E-state index contributed by atoms with van der Waals surface area (Å²) in [4.78, 5) is 29.7. The smallest absolute Gasteiger partial charge is 0.475 e.